The van der Waals surface area contributed by atoms with Crippen molar-refractivity contribution in [3.05, 3.63) is 18.2 Å². The number of imidazole rings is 1. The molecule has 2 heterocycles. The van der Waals surface area contributed by atoms with Crippen LogP contribution in [0.2, 0.25) is 0 Å². The molecule has 18 heavy (non-hydrogen) atoms. The topological polar surface area (TPSA) is 46.9 Å². The fraction of sp³-hybridized carbons (Fsp3) is 0.714. The van der Waals surface area contributed by atoms with Gasteiger partial charge in [-0.2, -0.15) is 0 Å². The molecule has 1 amide bonds. The van der Waals surface area contributed by atoms with Crippen LogP contribution in [-0.2, 0) is 11.2 Å². The second-order valence-corrected chi connectivity index (χ2v) is 5.92. The Morgan fingerprint density at radius 2 is 2.17 bits per heavy atom. The molecule has 1 aromatic heterocycles. The number of nitrogens with zero attached hydrogens (tertiary/aromatic N) is 2. The minimum absolute atomic E-state index is 0.0935. The van der Waals surface area contributed by atoms with Crippen molar-refractivity contribution in [2.75, 3.05) is 0 Å². The van der Waals surface area contributed by atoms with Gasteiger partial charge >= 0.3 is 0 Å². The van der Waals surface area contributed by atoms with Gasteiger partial charge in [0.15, 0.2) is 0 Å². The third-order valence-electron chi connectivity index (χ3n) is 4.09. The van der Waals surface area contributed by atoms with Gasteiger partial charge in [-0.3, -0.25) is 4.79 Å². The molecule has 4 heteroatoms. The van der Waals surface area contributed by atoms with Crippen LogP contribution in [0.4, 0.5) is 0 Å². The van der Waals surface area contributed by atoms with Crippen LogP contribution < -0.4 is 5.32 Å². The molecule has 0 bridgehead atoms. The second kappa shape index (κ2) is 4.75. The minimum atomic E-state index is -0.0935. The lowest BCUT2D eigenvalue weighted by molar-refractivity contribution is -0.120. The van der Waals surface area contributed by atoms with E-state index in [2.05, 4.69) is 42.6 Å². The standard InChI is InChI=1S/C14H23N3O/c1-10(2)14(6-5-13(18)16-14)7-12-8-15-9-17(12)11(3)4/h8-11H,5-7H2,1-4H3,(H,16,18). The highest BCUT2D eigenvalue weighted by atomic mass is 16.2. The molecule has 0 spiro atoms. The molecule has 1 aliphatic rings. The zero-order valence-electron chi connectivity index (χ0n) is 11.7. The number of carbonyl (C=O) groups is 1. The predicted octanol–water partition coefficient (Wildman–Crippen LogP) is 2.31. The quantitative estimate of drug-likeness (QED) is 0.890. The van der Waals surface area contributed by atoms with Crippen LogP contribution in [0, 0.1) is 5.92 Å². The van der Waals surface area contributed by atoms with E-state index in [1.807, 2.05) is 12.5 Å². The Morgan fingerprint density at radius 1 is 1.44 bits per heavy atom. The van der Waals surface area contributed by atoms with Crippen LogP contribution in [0.3, 0.4) is 0 Å². The Bertz CT molecular complexity index is 436. The van der Waals surface area contributed by atoms with E-state index in [1.165, 1.54) is 5.69 Å². The van der Waals surface area contributed by atoms with Crippen molar-refractivity contribution < 1.29 is 4.79 Å². The average molecular weight is 249 g/mol. The van der Waals surface area contributed by atoms with Gasteiger partial charge in [-0.15, -0.1) is 0 Å². The summed E-state index contributed by atoms with van der Waals surface area (Å²) < 4.78 is 2.19. The Kier molecular flexibility index (Phi) is 3.46. The van der Waals surface area contributed by atoms with Crippen molar-refractivity contribution in [1.29, 1.82) is 0 Å². The number of rotatable bonds is 4. The highest BCUT2D eigenvalue weighted by Gasteiger charge is 2.41. The second-order valence-electron chi connectivity index (χ2n) is 5.92. The van der Waals surface area contributed by atoms with Crippen LogP contribution in [0.15, 0.2) is 12.5 Å². The summed E-state index contributed by atoms with van der Waals surface area (Å²) >= 11 is 0. The maximum atomic E-state index is 11.6. The van der Waals surface area contributed by atoms with Crippen LogP contribution in [0.5, 0.6) is 0 Å². The molecule has 1 atom stereocenters. The number of aromatic nitrogens is 2. The Labute approximate surface area is 109 Å². The summed E-state index contributed by atoms with van der Waals surface area (Å²) in [6.07, 6.45) is 6.24. The van der Waals surface area contributed by atoms with Gasteiger partial charge in [0.1, 0.15) is 0 Å². The third-order valence-corrected chi connectivity index (χ3v) is 4.09. The van der Waals surface area contributed by atoms with E-state index in [1.54, 1.807) is 0 Å². The lowest BCUT2D eigenvalue weighted by Crippen LogP contribution is -2.48. The molecule has 1 aromatic rings. The summed E-state index contributed by atoms with van der Waals surface area (Å²) in [7, 11) is 0. The number of nitrogens with one attached hydrogen (secondary N) is 1. The summed E-state index contributed by atoms with van der Waals surface area (Å²) in [5.74, 6) is 0.610. The molecule has 1 saturated heterocycles. The van der Waals surface area contributed by atoms with Crippen LogP contribution in [0.1, 0.15) is 52.3 Å². The Balaban J connectivity index is 2.25. The lowest BCUT2D eigenvalue weighted by atomic mass is 9.81. The molecule has 2 rings (SSSR count). The summed E-state index contributed by atoms with van der Waals surface area (Å²) in [6, 6.07) is 0.406. The van der Waals surface area contributed by atoms with Crippen molar-refractivity contribution in [2.24, 2.45) is 5.92 Å². The van der Waals surface area contributed by atoms with E-state index in [0.717, 1.165) is 12.8 Å². The van der Waals surface area contributed by atoms with Gasteiger partial charge < -0.3 is 9.88 Å². The van der Waals surface area contributed by atoms with Crippen molar-refractivity contribution in [3.63, 3.8) is 0 Å². The fourth-order valence-corrected chi connectivity index (χ4v) is 2.77. The minimum Gasteiger partial charge on any atom is -0.350 e. The first-order chi connectivity index (χ1) is 8.44. The molecule has 4 nitrogen and oxygen atoms in total. The Morgan fingerprint density at radius 3 is 2.67 bits per heavy atom. The van der Waals surface area contributed by atoms with Gasteiger partial charge in [0.05, 0.1) is 6.33 Å². The zero-order valence-corrected chi connectivity index (χ0v) is 11.7. The van der Waals surface area contributed by atoms with E-state index < -0.39 is 0 Å². The molecule has 1 aliphatic heterocycles. The van der Waals surface area contributed by atoms with Crippen molar-refractivity contribution in [1.82, 2.24) is 14.9 Å². The summed E-state index contributed by atoms with van der Waals surface area (Å²) in [5, 5.41) is 3.19. The molecule has 0 saturated carbocycles. The van der Waals surface area contributed by atoms with E-state index in [4.69, 9.17) is 0 Å². The first kappa shape index (κ1) is 13.1. The van der Waals surface area contributed by atoms with Gasteiger partial charge in [-0.05, 0) is 26.2 Å². The molecule has 0 aromatic carbocycles. The predicted molar refractivity (Wildman–Crippen MR) is 71.3 cm³/mol. The first-order valence-electron chi connectivity index (χ1n) is 6.76. The smallest absolute Gasteiger partial charge is 0.220 e. The van der Waals surface area contributed by atoms with Gasteiger partial charge in [0.25, 0.3) is 0 Å². The summed E-state index contributed by atoms with van der Waals surface area (Å²) in [5.41, 5.74) is 1.12. The Hall–Kier alpha value is -1.32. The first-order valence-corrected chi connectivity index (χ1v) is 6.76. The zero-order chi connectivity index (χ0) is 13.3. The van der Waals surface area contributed by atoms with E-state index in [9.17, 15) is 4.79 Å². The van der Waals surface area contributed by atoms with E-state index >= 15 is 0 Å². The van der Waals surface area contributed by atoms with E-state index in [0.29, 0.717) is 18.4 Å². The number of amides is 1. The van der Waals surface area contributed by atoms with Gasteiger partial charge in [-0.25, -0.2) is 4.98 Å². The molecule has 100 valence electrons. The number of hydrogen-bond acceptors (Lipinski definition) is 2. The summed E-state index contributed by atoms with van der Waals surface area (Å²) in [4.78, 5) is 15.8. The lowest BCUT2D eigenvalue weighted by Gasteiger charge is -2.34. The maximum Gasteiger partial charge on any atom is 0.220 e. The molecular weight excluding hydrogens is 226 g/mol. The largest absolute Gasteiger partial charge is 0.350 e. The molecule has 0 radical (unpaired) electrons. The van der Waals surface area contributed by atoms with Crippen molar-refractivity contribution in [2.45, 2.75) is 58.5 Å². The monoisotopic (exact) mass is 249 g/mol. The number of carbonyl (C=O) groups excluding carboxylic acids is 1. The maximum absolute atomic E-state index is 11.6. The average Bonchev–Trinajstić information content (AvgIpc) is 2.86. The van der Waals surface area contributed by atoms with Crippen LogP contribution in [-0.4, -0.2) is 21.0 Å². The normalized spacial score (nSPS) is 24.0. The molecule has 1 fully saturated rings. The van der Waals surface area contributed by atoms with E-state index in [-0.39, 0.29) is 11.4 Å². The summed E-state index contributed by atoms with van der Waals surface area (Å²) in [6.45, 7) is 8.67. The van der Waals surface area contributed by atoms with Gasteiger partial charge in [0, 0.05) is 36.3 Å². The molecular formula is C14H23N3O. The molecule has 1 N–H and O–H groups in total. The van der Waals surface area contributed by atoms with Gasteiger partial charge in [0.2, 0.25) is 5.91 Å². The van der Waals surface area contributed by atoms with Crippen molar-refractivity contribution in [3.8, 4) is 0 Å². The number of hydrogen-bond donors (Lipinski definition) is 1. The molecule has 1 unspecified atom stereocenters. The highest BCUT2D eigenvalue weighted by molar-refractivity contribution is 5.79. The van der Waals surface area contributed by atoms with Crippen molar-refractivity contribution >= 4 is 5.91 Å². The molecule has 0 aliphatic carbocycles. The highest BCUT2D eigenvalue weighted by Crippen LogP contribution is 2.32. The SMILES string of the molecule is CC(C)n1cncc1CC1(C(C)C)CCC(=O)N1. The van der Waals surface area contributed by atoms with Crippen LogP contribution >= 0.6 is 0 Å². The van der Waals surface area contributed by atoms with Crippen LogP contribution in [0.25, 0.3) is 0 Å². The fourth-order valence-electron chi connectivity index (χ4n) is 2.77. The van der Waals surface area contributed by atoms with Gasteiger partial charge in [-0.1, -0.05) is 13.8 Å². The third kappa shape index (κ3) is 2.28.